The molecule has 2 heterocycles. The van der Waals surface area contributed by atoms with Crippen molar-refractivity contribution in [1.82, 2.24) is 4.90 Å². The molecule has 0 radical (unpaired) electrons. The van der Waals surface area contributed by atoms with Gasteiger partial charge in [0.05, 0.1) is 19.3 Å². The number of carbonyl (C=O) groups is 2. The summed E-state index contributed by atoms with van der Waals surface area (Å²) >= 11 is 0. The first-order valence-corrected chi connectivity index (χ1v) is 9.22. The summed E-state index contributed by atoms with van der Waals surface area (Å²) in [7, 11) is 1.54. The van der Waals surface area contributed by atoms with Crippen molar-refractivity contribution in [2.24, 2.45) is 0 Å². The van der Waals surface area contributed by atoms with Gasteiger partial charge in [0, 0.05) is 19.2 Å². The number of benzene rings is 1. The van der Waals surface area contributed by atoms with Crippen molar-refractivity contribution < 1.29 is 33.3 Å². The van der Waals surface area contributed by atoms with Gasteiger partial charge >= 0.3 is 5.97 Å². The van der Waals surface area contributed by atoms with Crippen LogP contribution >= 0.6 is 0 Å². The van der Waals surface area contributed by atoms with Gasteiger partial charge in [-0.3, -0.25) is 4.79 Å². The zero-order chi connectivity index (χ0) is 20.1. The largest absolute Gasteiger partial charge is 0.493 e. The van der Waals surface area contributed by atoms with Crippen LogP contribution < -0.4 is 14.2 Å². The van der Waals surface area contributed by atoms with Crippen LogP contribution in [0.15, 0.2) is 18.2 Å². The number of nitrogens with zero attached hydrogens (tertiary/aromatic N) is 1. The summed E-state index contributed by atoms with van der Waals surface area (Å²) in [5.74, 6) is 0.801. The fourth-order valence-corrected chi connectivity index (χ4v) is 3.21. The summed E-state index contributed by atoms with van der Waals surface area (Å²) in [6.07, 6.45) is 2.77. The molecule has 1 aromatic carbocycles. The molecule has 0 bridgehead atoms. The van der Waals surface area contributed by atoms with E-state index in [0.29, 0.717) is 49.1 Å². The third-order valence-corrected chi connectivity index (χ3v) is 4.37. The van der Waals surface area contributed by atoms with Gasteiger partial charge in [-0.25, -0.2) is 4.79 Å². The maximum atomic E-state index is 12.2. The fourth-order valence-electron chi connectivity index (χ4n) is 3.21. The third kappa shape index (κ3) is 4.95. The second-order valence-corrected chi connectivity index (χ2v) is 6.74. The molecule has 8 heteroatoms. The Hall–Kier alpha value is -2.74. The van der Waals surface area contributed by atoms with Gasteiger partial charge in [0.25, 0.3) is 5.91 Å². The number of morpholine rings is 1. The van der Waals surface area contributed by atoms with E-state index in [-0.39, 0.29) is 24.7 Å². The summed E-state index contributed by atoms with van der Waals surface area (Å²) < 4.78 is 27.1. The van der Waals surface area contributed by atoms with E-state index in [2.05, 4.69) is 0 Å². The van der Waals surface area contributed by atoms with Crippen molar-refractivity contribution in [3.8, 4) is 17.2 Å². The van der Waals surface area contributed by atoms with Crippen molar-refractivity contribution in [1.29, 1.82) is 0 Å². The summed E-state index contributed by atoms with van der Waals surface area (Å²) in [6, 6.07) is 3.49. The molecule has 8 nitrogen and oxygen atoms in total. The van der Waals surface area contributed by atoms with Crippen LogP contribution in [0.3, 0.4) is 0 Å². The quantitative estimate of drug-likeness (QED) is 0.558. The minimum Gasteiger partial charge on any atom is -0.493 e. The first-order chi connectivity index (χ1) is 13.5. The van der Waals surface area contributed by atoms with Gasteiger partial charge in [-0.05, 0) is 37.6 Å². The Balaban J connectivity index is 1.56. The standard InChI is InChI=1S/C20H25NO7/c1-13-10-21(11-14(2)28-13)18(22)12-27-19(23)5-4-15-8-16(24-3)20-17(9-15)25-6-7-26-20/h4-5,8-9,13-14H,6-7,10-12H2,1-3H3/b5-4+/t13-,14+. The molecule has 28 heavy (non-hydrogen) atoms. The van der Waals surface area contributed by atoms with Crippen LogP contribution in [-0.2, 0) is 19.1 Å². The molecule has 1 amide bonds. The summed E-state index contributed by atoms with van der Waals surface area (Å²) in [4.78, 5) is 25.9. The second kappa shape index (κ2) is 8.97. The molecule has 152 valence electrons. The van der Waals surface area contributed by atoms with E-state index in [0.717, 1.165) is 0 Å². The van der Waals surface area contributed by atoms with Crippen LogP contribution in [-0.4, -0.2) is 69.0 Å². The Morgan fingerprint density at radius 1 is 1.18 bits per heavy atom. The van der Waals surface area contributed by atoms with Gasteiger partial charge in [-0.15, -0.1) is 0 Å². The van der Waals surface area contributed by atoms with Crippen molar-refractivity contribution >= 4 is 18.0 Å². The highest BCUT2D eigenvalue weighted by atomic mass is 16.6. The maximum Gasteiger partial charge on any atom is 0.331 e. The normalized spacial score (nSPS) is 21.5. The average molecular weight is 391 g/mol. The highest BCUT2D eigenvalue weighted by molar-refractivity contribution is 5.89. The Labute approximate surface area is 163 Å². The second-order valence-electron chi connectivity index (χ2n) is 6.74. The molecule has 0 aromatic heterocycles. The van der Waals surface area contributed by atoms with Gasteiger partial charge in [-0.1, -0.05) is 0 Å². The van der Waals surface area contributed by atoms with Gasteiger partial charge in [-0.2, -0.15) is 0 Å². The molecular weight excluding hydrogens is 366 g/mol. The maximum absolute atomic E-state index is 12.2. The minimum absolute atomic E-state index is 0.0338. The number of rotatable bonds is 5. The Morgan fingerprint density at radius 2 is 1.89 bits per heavy atom. The molecule has 3 rings (SSSR count). The fraction of sp³-hybridized carbons (Fsp3) is 0.500. The van der Waals surface area contributed by atoms with E-state index in [1.165, 1.54) is 13.2 Å². The number of fused-ring (bicyclic) bond motifs is 1. The lowest BCUT2D eigenvalue weighted by molar-refractivity contribution is -0.154. The van der Waals surface area contributed by atoms with E-state index in [1.54, 1.807) is 23.1 Å². The Morgan fingerprint density at radius 3 is 2.61 bits per heavy atom. The van der Waals surface area contributed by atoms with Crippen LogP contribution in [0.5, 0.6) is 17.2 Å². The number of methoxy groups -OCH3 is 1. The zero-order valence-electron chi connectivity index (χ0n) is 16.3. The van der Waals surface area contributed by atoms with Crippen LogP contribution in [0, 0.1) is 0 Å². The van der Waals surface area contributed by atoms with Crippen molar-refractivity contribution in [3.63, 3.8) is 0 Å². The molecule has 0 spiro atoms. The number of ether oxygens (including phenoxy) is 5. The highest BCUT2D eigenvalue weighted by Crippen LogP contribution is 2.40. The SMILES string of the molecule is COc1cc(/C=C/C(=O)OCC(=O)N2C[C@@H](C)O[C@@H](C)C2)cc2c1OCCO2. The molecule has 2 atom stereocenters. The van der Waals surface area contributed by atoms with Crippen LogP contribution in [0.1, 0.15) is 19.4 Å². The molecule has 0 unspecified atom stereocenters. The van der Waals surface area contributed by atoms with Gasteiger partial charge in [0.2, 0.25) is 5.75 Å². The molecular formula is C20H25NO7. The van der Waals surface area contributed by atoms with Crippen LogP contribution in [0.2, 0.25) is 0 Å². The minimum atomic E-state index is -0.600. The smallest absolute Gasteiger partial charge is 0.331 e. The third-order valence-electron chi connectivity index (χ3n) is 4.37. The van der Waals surface area contributed by atoms with E-state index < -0.39 is 5.97 Å². The number of hydrogen-bond donors (Lipinski definition) is 0. The first-order valence-electron chi connectivity index (χ1n) is 9.22. The Kier molecular flexibility index (Phi) is 6.41. The zero-order valence-corrected chi connectivity index (χ0v) is 16.3. The van der Waals surface area contributed by atoms with Crippen molar-refractivity contribution in [2.45, 2.75) is 26.1 Å². The monoisotopic (exact) mass is 391 g/mol. The van der Waals surface area contributed by atoms with Crippen molar-refractivity contribution in [2.75, 3.05) is 40.0 Å². The Bertz CT molecular complexity index is 734. The average Bonchev–Trinajstić information content (AvgIpc) is 2.69. The molecule has 2 aliphatic rings. The van der Waals surface area contributed by atoms with E-state index in [9.17, 15) is 9.59 Å². The number of hydrogen-bond acceptors (Lipinski definition) is 7. The molecule has 1 saturated heterocycles. The van der Waals surface area contributed by atoms with E-state index in [1.807, 2.05) is 13.8 Å². The van der Waals surface area contributed by atoms with Gasteiger partial charge in [0.15, 0.2) is 18.1 Å². The molecule has 1 aromatic rings. The van der Waals surface area contributed by atoms with Gasteiger partial charge < -0.3 is 28.6 Å². The van der Waals surface area contributed by atoms with E-state index >= 15 is 0 Å². The van der Waals surface area contributed by atoms with Crippen LogP contribution in [0.4, 0.5) is 0 Å². The molecule has 0 saturated carbocycles. The summed E-state index contributed by atoms with van der Waals surface area (Å²) in [5.41, 5.74) is 0.695. The lowest BCUT2D eigenvalue weighted by Gasteiger charge is -2.35. The number of carbonyl (C=O) groups excluding carboxylic acids is 2. The number of esters is 1. The first kappa shape index (κ1) is 20.0. The topological polar surface area (TPSA) is 83.5 Å². The lowest BCUT2D eigenvalue weighted by Crippen LogP contribution is -2.49. The predicted octanol–water partition coefficient (Wildman–Crippen LogP) is 1.66. The van der Waals surface area contributed by atoms with Gasteiger partial charge in [0.1, 0.15) is 13.2 Å². The lowest BCUT2D eigenvalue weighted by atomic mass is 10.1. The van der Waals surface area contributed by atoms with E-state index in [4.69, 9.17) is 23.7 Å². The molecule has 0 aliphatic carbocycles. The highest BCUT2D eigenvalue weighted by Gasteiger charge is 2.26. The summed E-state index contributed by atoms with van der Waals surface area (Å²) in [6.45, 7) is 5.42. The molecule has 1 fully saturated rings. The predicted molar refractivity (Wildman–Crippen MR) is 101 cm³/mol. The number of amides is 1. The summed E-state index contributed by atoms with van der Waals surface area (Å²) in [5, 5.41) is 0. The van der Waals surface area contributed by atoms with Crippen molar-refractivity contribution in [3.05, 3.63) is 23.8 Å². The molecule has 2 aliphatic heterocycles. The van der Waals surface area contributed by atoms with Crippen LogP contribution in [0.25, 0.3) is 6.08 Å². The molecule has 0 N–H and O–H groups in total.